The maximum atomic E-state index is 11.2. The van der Waals surface area contributed by atoms with Gasteiger partial charge in [-0.1, -0.05) is 0 Å². The largest absolute Gasteiger partial charge is 0.507 e. The van der Waals surface area contributed by atoms with Gasteiger partial charge in [0.05, 0.1) is 18.6 Å². The fraction of sp³-hybridized carbons (Fsp3) is 0.273. The first kappa shape index (κ1) is 12.4. The molecule has 0 aliphatic rings. The minimum absolute atomic E-state index is 0.0433. The topological polar surface area (TPSA) is 70.3 Å². The molecule has 1 rings (SSSR count). The Kier molecular flexibility index (Phi) is 4.20. The van der Waals surface area contributed by atoms with Gasteiger partial charge in [0.15, 0.2) is 0 Å². The number of carbonyl (C=O) groups excluding carboxylic acids is 1. The normalized spacial score (nSPS) is 9.56. The third-order valence-electron chi connectivity index (χ3n) is 1.96. The lowest BCUT2D eigenvalue weighted by molar-refractivity contribution is -0.142. The third-order valence-corrected chi connectivity index (χ3v) is 2.37. The van der Waals surface area contributed by atoms with E-state index in [9.17, 15) is 9.90 Å². The molecule has 0 atom stereocenters. The predicted molar refractivity (Wildman–Crippen MR) is 60.4 cm³/mol. The van der Waals surface area contributed by atoms with E-state index in [1.165, 1.54) is 12.1 Å². The molecule has 0 saturated heterocycles. The van der Waals surface area contributed by atoms with Crippen LogP contribution in [-0.4, -0.2) is 17.7 Å². The van der Waals surface area contributed by atoms with E-state index in [0.717, 1.165) is 0 Å². The molecule has 1 aromatic carbocycles. The number of rotatable bonds is 3. The van der Waals surface area contributed by atoms with Gasteiger partial charge < -0.3 is 9.84 Å². The molecule has 0 aliphatic heterocycles. The molecule has 0 fully saturated rings. The number of hydrogen-bond acceptors (Lipinski definition) is 5. The van der Waals surface area contributed by atoms with Crippen molar-refractivity contribution >= 4 is 18.6 Å². The molecule has 0 saturated carbocycles. The summed E-state index contributed by atoms with van der Waals surface area (Å²) in [6, 6.07) is 4.61. The molecule has 1 aromatic rings. The van der Waals surface area contributed by atoms with Gasteiger partial charge >= 0.3 is 5.97 Å². The standard InChI is InChI=1S/C11H11NO3S/c1-2-15-11(14)4-7-3-8(6-12)9(13)5-10(7)16/h3,5,13,16H,2,4H2,1H3. The molecule has 0 spiro atoms. The number of phenolic OH excluding ortho intramolecular Hbond substituents is 1. The molecule has 0 aromatic heterocycles. The van der Waals surface area contributed by atoms with Crippen LogP contribution in [0.3, 0.4) is 0 Å². The number of benzene rings is 1. The molecule has 0 radical (unpaired) electrons. The van der Waals surface area contributed by atoms with Crippen molar-refractivity contribution < 1.29 is 14.6 Å². The van der Waals surface area contributed by atoms with Gasteiger partial charge in [0.2, 0.25) is 0 Å². The number of ether oxygens (including phenoxy) is 1. The molecule has 84 valence electrons. The van der Waals surface area contributed by atoms with Crippen molar-refractivity contribution in [3.8, 4) is 11.8 Å². The number of nitriles is 1. The van der Waals surface area contributed by atoms with Gasteiger partial charge in [0.1, 0.15) is 11.8 Å². The van der Waals surface area contributed by atoms with Gasteiger partial charge in [-0.25, -0.2) is 0 Å². The van der Waals surface area contributed by atoms with Crippen LogP contribution in [0.1, 0.15) is 18.1 Å². The zero-order chi connectivity index (χ0) is 12.1. The quantitative estimate of drug-likeness (QED) is 0.619. The Morgan fingerprint density at radius 1 is 1.62 bits per heavy atom. The van der Waals surface area contributed by atoms with Crippen molar-refractivity contribution in [3.05, 3.63) is 23.3 Å². The van der Waals surface area contributed by atoms with Gasteiger partial charge in [0.25, 0.3) is 0 Å². The Balaban J connectivity index is 2.97. The monoisotopic (exact) mass is 237 g/mol. The van der Waals surface area contributed by atoms with Crippen molar-refractivity contribution in [1.82, 2.24) is 0 Å². The van der Waals surface area contributed by atoms with Crippen molar-refractivity contribution in [2.24, 2.45) is 0 Å². The van der Waals surface area contributed by atoms with E-state index in [-0.39, 0.29) is 23.7 Å². The summed E-state index contributed by atoms with van der Waals surface area (Å²) in [4.78, 5) is 11.7. The molecule has 0 unspecified atom stereocenters. The lowest BCUT2D eigenvalue weighted by atomic mass is 10.1. The minimum atomic E-state index is -0.382. The minimum Gasteiger partial charge on any atom is -0.507 e. The second kappa shape index (κ2) is 5.42. The van der Waals surface area contributed by atoms with E-state index in [0.29, 0.717) is 17.1 Å². The molecule has 0 bridgehead atoms. The summed E-state index contributed by atoms with van der Waals surface area (Å²) in [6.07, 6.45) is 0.0433. The van der Waals surface area contributed by atoms with Crippen molar-refractivity contribution in [2.75, 3.05) is 6.61 Å². The Bertz CT molecular complexity index is 451. The highest BCUT2D eigenvalue weighted by Crippen LogP contribution is 2.25. The average molecular weight is 237 g/mol. The summed E-state index contributed by atoms with van der Waals surface area (Å²) in [6.45, 7) is 2.03. The van der Waals surface area contributed by atoms with Crippen molar-refractivity contribution in [2.45, 2.75) is 18.2 Å². The van der Waals surface area contributed by atoms with Crippen LogP contribution in [0.2, 0.25) is 0 Å². The fourth-order valence-electron chi connectivity index (χ4n) is 1.22. The molecule has 16 heavy (non-hydrogen) atoms. The van der Waals surface area contributed by atoms with Gasteiger partial charge in [0, 0.05) is 4.90 Å². The van der Waals surface area contributed by atoms with Crippen LogP contribution in [0, 0.1) is 11.3 Å². The number of thiol groups is 1. The Hall–Kier alpha value is -1.67. The Morgan fingerprint density at radius 2 is 2.31 bits per heavy atom. The molecular weight excluding hydrogens is 226 g/mol. The second-order valence-corrected chi connectivity index (χ2v) is 3.57. The van der Waals surface area contributed by atoms with Gasteiger partial charge in [-0.15, -0.1) is 12.6 Å². The number of phenols is 1. The number of esters is 1. The summed E-state index contributed by atoms with van der Waals surface area (Å²) >= 11 is 4.12. The van der Waals surface area contributed by atoms with E-state index in [1.54, 1.807) is 6.92 Å². The SMILES string of the molecule is CCOC(=O)Cc1cc(C#N)c(O)cc1S. The zero-order valence-corrected chi connectivity index (χ0v) is 9.62. The van der Waals surface area contributed by atoms with Gasteiger partial charge in [-0.05, 0) is 24.6 Å². The molecule has 0 amide bonds. The van der Waals surface area contributed by atoms with Crippen LogP contribution >= 0.6 is 12.6 Å². The number of aromatic hydroxyl groups is 1. The summed E-state index contributed by atoms with van der Waals surface area (Å²) in [7, 11) is 0. The van der Waals surface area contributed by atoms with E-state index in [2.05, 4.69) is 12.6 Å². The number of hydrogen-bond donors (Lipinski definition) is 2. The molecule has 4 nitrogen and oxygen atoms in total. The van der Waals surface area contributed by atoms with Gasteiger partial charge in [-0.3, -0.25) is 4.79 Å². The summed E-state index contributed by atoms with van der Waals surface area (Å²) in [5, 5.41) is 18.1. The summed E-state index contributed by atoms with van der Waals surface area (Å²) < 4.78 is 4.79. The lowest BCUT2D eigenvalue weighted by Gasteiger charge is -2.06. The van der Waals surface area contributed by atoms with Crippen molar-refractivity contribution in [3.63, 3.8) is 0 Å². The maximum Gasteiger partial charge on any atom is 0.310 e. The predicted octanol–water partition coefficient (Wildman–Crippen LogP) is 1.66. The van der Waals surface area contributed by atoms with Crippen LogP contribution in [0.15, 0.2) is 17.0 Å². The third kappa shape index (κ3) is 2.91. The van der Waals surface area contributed by atoms with E-state index < -0.39 is 0 Å². The molecule has 0 heterocycles. The highest BCUT2D eigenvalue weighted by molar-refractivity contribution is 7.80. The molecule has 1 N–H and O–H groups in total. The lowest BCUT2D eigenvalue weighted by Crippen LogP contribution is -2.08. The summed E-state index contributed by atoms with van der Waals surface area (Å²) in [5.41, 5.74) is 0.688. The Labute approximate surface area is 98.9 Å². The number of carbonyl (C=O) groups is 1. The van der Waals surface area contributed by atoms with Crippen LogP contribution in [0.5, 0.6) is 5.75 Å². The smallest absolute Gasteiger partial charge is 0.310 e. The molecular formula is C11H11NO3S. The maximum absolute atomic E-state index is 11.2. The molecule has 5 heteroatoms. The van der Waals surface area contributed by atoms with Crippen molar-refractivity contribution in [1.29, 1.82) is 5.26 Å². The average Bonchev–Trinajstić information content (AvgIpc) is 2.22. The van der Waals surface area contributed by atoms with Gasteiger partial charge in [-0.2, -0.15) is 5.26 Å². The van der Waals surface area contributed by atoms with E-state index >= 15 is 0 Å². The first-order valence-electron chi connectivity index (χ1n) is 4.69. The molecule has 0 aliphatic carbocycles. The van der Waals surface area contributed by atoms with E-state index in [1.807, 2.05) is 6.07 Å². The van der Waals surface area contributed by atoms with E-state index in [4.69, 9.17) is 10.00 Å². The van der Waals surface area contributed by atoms with Crippen LogP contribution < -0.4 is 0 Å². The van der Waals surface area contributed by atoms with Crippen LogP contribution in [0.4, 0.5) is 0 Å². The number of nitrogens with zero attached hydrogens (tertiary/aromatic N) is 1. The fourth-order valence-corrected chi connectivity index (χ4v) is 1.49. The van der Waals surface area contributed by atoms with Crippen LogP contribution in [-0.2, 0) is 16.0 Å². The highest BCUT2D eigenvalue weighted by Gasteiger charge is 2.11. The first-order valence-corrected chi connectivity index (χ1v) is 5.13. The highest BCUT2D eigenvalue weighted by atomic mass is 32.1. The second-order valence-electron chi connectivity index (χ2n) is 3.09. The first-order chi connectivity index (χ1) is 7.58. The zero-order valence-electron chi connectivity index (χ0n) is 8.73. The Morgan fingerprint density at radius 3 is 2.88 bits per heavy atom. The summed E-state index contributed by atoms with van der Waals surface area (Å²) in [5.74, 6) is -0.521. The van der Waals surface area contributed by atoms with Crippen LogP contribution in [0.25, 0.3) is 0 Å².